The summed E-state index contributed by atoms with van der Waals surface area (Å²) in [6.07, 6.45) is 0.237. The standard InChI is InChI=1S/C18H18Cl2N2O3/c1-11-9-13(19)4-6-15(11)22-17(23)7-8-21-16-10-12(18(24)25-2)3-5-14(16)20/h3-6,9-10,21H,7-8H2,1-2H3,(H,22,23). The van der Waals surface area contributed by atoms with E-state index in [0.29, 0.717) is 27.8 Å². The Labute approximate surface area is 156 Å². The third-order valence-electron chi connectivity index (χ3n) is 3.52. The van der Waals surface area contributed by atoms with Crippen LogP contribution in [-0.2, 0) is 9.53 Å². The van der Waals surface area contributed by atoms with Gasteiger partial charge in [-0.15, -0.1) is 0 Å². The number of aryl methyl sites for hydroxylation is 1. The topological polar surface area (TPSA) is 67.4 Å². The zero-order chi connectivity index (χ0) is 18.4. The second-order valence-corrected chi connectivity index (χ2v) is 6.21. The Morgan fingerprint density at radius 3 is 2.52 bits per heavy atom. The van der Waals surface area contributed by atoms with Gasteiger partial charge in [-0.3, -0.25) is 4.79 Å². The summed E-state index contributed by atoms with van der Waals surface area (Å²) in [4.78, 5) is 23.6. The summed E-state index contributed by atoms with van der Waals surface area (Å²) in [7, 11) is 1.31. The quantitative estimate of drug-likeness (QED) is 0.722. The smallest absolute Gasteiger partial charge is 0.337 e. The molecule has 0 atom stereocenters. The van der Waals surface area contributed by atoms with Crippen molar-refractivity contribution < 1.29 is 14.3 Å². The molecule has 0 aromatic heterocycles. The van der Waals surface area contributed by atoms with Crippen LogP contribution in [0.15, 0.2) is 36.4 Å². The molecule has 0 saturated heterocycles. The monoisotopic (exact) mass is 380 g/mol. The van der Waals surface area contributed by atoms with Gasteiger partial charge in [0.1, 0.15) is 0 Å². The second-order valence-electron chi connectivity index (χ2n) is 5.37. The van der Waals surface area contributed by atoms with E-state index in [0.717, 1.165) is 11.3 Å². The molecule has 0 radical (unpaired) electrons. The second kappa shape index (κ2) is 8.74. The molecule has 0 aliphatic heterocycles. The molecule has 0 saturated carbocycles. The van der Waals surface area contributed by atoms with E-state index in [1.54, 1.807) is 36.4 Å². The van der Waals surface area contributed by atoms with Gasteiger partial charge in [0.05, 0.1) is 23.4 Å². The zero-order valence-corrected chi connectivity index (χ0v) is 15.4. The maximum Gasteiger partial charge on any atom is 0.337 e. The van der Waals surface area contributed by atoms with Crippen LogP contribution in [0.5, 0.6) is 0 Å². The molecule has 0 aliphatic carbocycles. The van der Waals surface area contributed by atoms with Crippen LogP contribution < -0.4 is 10.6 Å². The van der Waals surface area contributed by atoms with Gasteiger partial charge in [0.25, 0.3) is 0 Å². The van der Waals surface area contributed by atoms with Crippen molar-refractivity contribution in [1.29, 1.82) is 0 Å². The van der Waals surface area contributed by atoms with Crippen molar-refractivity contribution in [1.82, 2.24) is 0 Å². The lowest BCUT2D eigenvalue weighted by atomic mass is 10.2. The Balaban J connectivity index is 1.91. The Morgan fingerprint density at radius 1 is 1.08 bits per heavy atom. The van der Waals surface area contributed by atoms with Crippen LogP contribution in [0.3, 0.4) is 0 Å². The van der Waals surface area contributed by atoms with Gasteiger partial charge < -0.3 is 15.4 Å². The van der Waals surface area contributed by atoms with Crippen molar-refractivity contribution in [2.45, 2.75) is 13.3 Å². The lowest BCUT2D eigenvalue weighted by Crippen LogP contribution is -2.17. The van der Waals surface area contributed by atoms with E-state index in [1.807, 2.05) is 6.92 Å². The van der Waals surface area contributed by atoms with E-state index >= 15 is 0 Å². The first kappa shape index (κ1) is 19.1. The van der Waals surface area contributed by atoms with Crippen LogP contribution in [-0.4, -0.2) is 25.5 Å². The van der Waals surface area contributed by atoms with E-state index in [1.165, 1.54) is 7.11 Å². The van der Waals surface area contributed by atoms with Gasteiger partial charge in [0.2, 0.25) is 5.91 Å². The van der Waals surface area contributed by atoms with E-state index in [-0.39, 0.29) is 12.3 Å². The molecule has 0 fully saturated rings. The first-order chi connectivity index (χ1) is 11.9. The van der Waals surface area contributed by atoms with Crippen LogP contribution in [0.2, 0.25) is 10.0 Å². The number of methoxy groups -OCH3 is 1. The van der Waals surface area contributed by atoms with E-state index in [2.05, 4.69) is 15.4 Å². The number of benzene rings is 2. The molecule has 0 unspecified atom stereocenters. The van der Waals surface area contributed by atoms with Crippen LogP contribution in [0.1, 0.15) is 22.3 Å². The minimum atomic E-state index is -0.448. The van der Waals surface area contributed by atoms with E-state index in [9.17, 15) is 9.59 Å². The van der Waals surface area contributed by atoms with Gasteiger partial charge in [-0.2, -0.15) is 0 Å². The fraction of sp³-hybridized carbons (Fsp3) is 0.222. The predicted octanol–water partition coefficient (Wildman–Crippen LogP) is 4.53. The third kappa shape index (κ3) is 5.37. The molecule has 0 heterocycles. The summed E-state index contributed by atoms with van der Waals surface area (Å²) in [5.41, 5.74) is 2.57. The van der Waals surface area contributed by atoms with Gasteiger partial charge >= 0.3 is 5.97 Å². The van der Waals surface area contributed by atoms with Crippen molar-refractivity contribution in [2.24, 2.45) is 0 Å². The van der Waals surface area contributed by atoms with Crippen molar-refractivity contribution in [3.05, 3.63) is 57.6 Å². The SMILES string of the molecule is COC(=O)c1ccc(Cl)c(NCCC(=O)Nc2ccc(Cl)cc2C)c1. The van der Waals surface area contributed by atoms with Crippen LogP contribution in [0, 0.1) is 6.92 Å². The Kier molecular flexibility index (Phi) is 6.67. The molecule has 2 aromatic rings. The summed E-state index contributed by atoms with van der Waals surface area (Å²) in [6.45, 7) is 2.24. The lowest BCUT2D eigenvalue weighted by molar-refractivity contribution is -0.115. The number of rotatable bonds is 6. The van der Waals surface area contributed by atoms with Gasteiger partial charge in [0, 0.05) is 23.7 Å². The molecule has 2 rings (SSSR count). The Hall–Kier alpha value is -2.24. The largest absolute Gasteiger partial charge is 0.465 e. The predicted molar refractivity (Wildman–Crippen MR) is 101 cm³/mol. The van der Waals surface area contributed by atoms with Crippen molar-refractivity contribution in [2.75, 3.05) is 24.3 Å². The fourth-order valence-corrected chi connectivity index (χ4v) is 2.61. The number of hydrogen-bond donors (Lipinski definition) is 2. The molecule has 0 aliphatic rings. The first-order valence-corrected chi connectivity index (χ1v) is 8.34. The highest BCUT2D eigenvalue weighted by molar-refractivity contribution is 6.33. The van der Waals surface area contributed by atoms with Gasteiger partial charge in [-0.05, 0) is 48.9 Å². The molecule has 0 bridgehead atoms. The number of carbonyl (C=O) groups excluding carboxylic acids is 2. The van der Waals surface area contributed by atoms with E-state index < -0.39 is 5.97 Å². The van der Waals surface area contributed by atoms with Gasteiger partial charge in [0.15, 0.2) is 0 Å². The third-order valence-corrected chi connectivity index (χ3v) is 4.08. The number of amides is 1. The van der Waals surface area contributed by atoms with Crippen LogP contribution >= 0.6 is 23.2 Å². The average molecular weight is 381 g/mol. The van der Waals surface area contributed by atoms with Gasteiger partial charge in [-0.25, -0.2) is 4.79 Å². The first-order valence-electron chi connectivity index (χ1n) is 7.58. The lowest BCUT2D eigenvalue weighted by Gasteiger charge is -2.11. The minimum absolute atomic E-state index is 0.141. The number of ether oxygens (including phenoxy) is 1. The number of carbonyl (C=O) groups is 2. The molecular weight excluding hydrogens is 363 g/mol. The molecule has 1 amide bonds. The normalized spacial score (nSPS) is 10.2. The molecule has 0 spiro atoms. The molecule has 2 aromatic carbocycles. The van der Waals surface area contributed by atoms with E-state index in [4.69, 9.17) is 23.2 Å². The highest BCUT2D eigenvalue weighted by atomic mass is 35.5. The average Bonchev–Trinajstić information content (AvgIpc) is 2.58. The number of halogens is 2. The van der Waals surface area contributed by atoms with Gasteiger partial charge in [-0.1, -0.05) is 23.2 Å². The highest BCUT2D eigenvalue weighted by Gasteiger charge is 2.10. The highest BCUT2D eigenvalue weighted by Crippen LogP contribution is 2.23. The van der Waals surface area contributed by atoms with Crippen LogP contribution in [0.25, 0.3) is 0 Å². The number of hydrogen-bond acceptors (Lipinski definition) is 4. The molecule has 5 nitrogen and oxygen atoms in total. The summed E-state index contributed by atoms with van der Waals surface area (Å²) in [5, 5.41) is 6.97. The number of nitrogens with one attached hydrogen (secondary N) is 2. The molecular formula is C18H18Cl2N2O3. The summed E-state index contributed by atoms with van der Waals surface area (Å²) in [5.74, 6) is -0.589. The van der Waals surface area contributed by atoms with Crippen molar-refractivity contribution in [3.63, 3.8) is 0 Å². The number of anilines is 2. The fourth-order valence-electron chi connectivity index (χ4n) is 2.20. The minimum Gasteiger partial charge on any atom is -0.465 e. The summed E-state index contributed by atoms with van der Waals surface area (Å²) in [6, 6.07) is 10.0. The molecule has 7 heteroatoms. The van der Waals surface area contributed by atoms with Crippen LogP contribution in [0.4, 0.5) is 11.4 Å². The zero-order valence-electron chi connectivity index (χ0n) is 13.9. The molecule has 132 valence electrons. The van der Waals surface area contributed by atoms with Crippen molar-refractivity contribution in [3.8, 4) is 0 Å². The summed E-state index contributed by atoms with van der Waals surface area (Å²) < 4.78 is 4.68. The maximum absolute atomic E-state index is 12.1. The molecule has 25 heavy (non-hydrogen) atoms. The number of esters is 1. The molecule has 2 N–H and O–H groups in total. The Morgan fingerprint density at radius 2 is 1.84 bits per heavy atom. The van der Waals surface area contributed by atoms with Crippen molar-refractivity contribution >= 4 is 46.5 Å². The summed E-state index contributed by atoms with van der Waals surface area (Å²) >= 11 is 12.0. The maximum atomic E-state index is 12.1. The Bertz CT molecular complexity index is 794.